The van der Waals surface area contributed by atoms with Crippen LogP contribution in [0.1, 0.15) is 37.0 Å². The van der Waals surface area contributed by atoms with E-state index in [0.717, 1.165) is 5.76 Å². The highest BCUT2D eigenvalue weighted by Gasteiger charge is 2.33. The van der Waals surface area contributed by atoms with E-state index in [4.69, 9.17) is 4.42 Å². The smallest absolute Gasteiger partial charge is 0.213 e. The molecule has 0 fully saturated rings. The van der Waals surface area contributed by atoms with Crippen molar-refractivity contribution in [3.63, 3.8) is 0 Å². The van der Waals surface area contributed by atoms with Crippen LogP contribution in [0.4, 0.5) is 0 Å². The number of thiazole rings is 1. The minimum Gasteiger partial charge on any atom is -0.459 e. The van der Waals surface area contributed by atoms with Crippen LogP contribution in [-0.2, 0) is 0 Å². The first-order valence-corrected chi connectivity index (χ1v) is 7.23. The maximum absolute atomic E-state index is 12.5. The summed E-state index contributed by atoms with van der Waals surface area (Å²) in [6.45, 7) is 1.84. The molecule has 0 unspecified atom stereocenters. The fraction of sp³-hybridized carbons (Fsp3) is 0.0625. The molecule has 0 saturated heterocycles. The third-order valence-electron chi connectivity index (χ3n) is 3.42. The Bertz CT molecular complexity index is 851. The van der Waals surface area contributed by atoms with Gasteiger partial charge < -0.3 is 4.42 Å². The summed E-state index contributed by atoms with van der Waals surface area (Å²) in [7, 11) is 0. The lowest BCUT2D eigenvalue weighted by Gasteiger charge is -2.11. The molecule has 102 valence electrons. The lowest BCUT2D eigenvalue weighted by Crippen LogP contribution is -2.19. The van der Waals surface area contributed by atoms with Crippen LogP contribution in [0.5, 0.6) is 0 Å². The molecular formula is C16H9NO3S. The average molecular weight is 295 g/mol. The predicted octanol–water partition coefficient (Wildman–Crippen LogP) is 3.49. The van der Waals surface area contributed by atoms with Gasteiger partial charge in [-0.25, -0.2) is 4.98 Å². The highest BCUT2D eigenvalue weighted by molar-refractivity contribution is 7.17. The number of hydrogen-bond acceptors (Lipinski definition) is 5. The van der Waals surface area contributed by atoms with E-state index in [1.54, 1.807) is 30.3 Å². The van der Waals surface area contributed by atoms with E-state index in [1.165, 1.54) is 11.3 Å². The van der Waals surface area contributed by atoms with Gasteiger partial charge in [0.25, 0.3) is 0 Å². The van der Waals surface area contributed by atoms with Gasteiger partial charge in [0, 0.05) is 11.1 Å². The second kappa shape index (κ2) is 4.23. The van der Waals surface area contributed by atoms with Gasteiger partial charge in [0.05, 0.1) is 0 Å². The number of rotatable bonds is 1. The number of aromatic nitrogens is 1. The Labute approximate surface area is 124 Å². The number of hydrogen-bond donors (Lipinski definition) is 0. The van der Waals surface area contributed by atoms with Gasteiger partial charge in [-0.15, -0.1) is 11.3 Å². The lowest BCUT2D eigenvalue weighted by molar-refractivity contribution is 0.0979. The molecule has 1 aromatic carbocycles. The van der Waals surface area contributed by atoms with Crippen LogP contribution in [0.3, 0.4) is 0 Å². The second-order valence-corrected chi connectivity index (χ2v) is 5.81. The minimum absolute atomic E-state index is 0.146. The highest BCUT2D eigenvalue weighted by atomic mass is 32.1. The Morgan fingerprint density at radius 1 is 1.00 bits per heavy atom. The lowest BCUT2D eigenvalue weighted by atomic mass is 9.91. The number of carbonyl (C=O) groups excluding carboxylic acids is 2. The van der Waals surface area contributed by atoms with Gasteiger partial charge in [-0.05, 0) is 19.1 Å². The Hall–Kier alpha value is -2.53. The van der Waals surface area contributed by atoms with Crippen molar-refractivity contribution in [2.75, 3.05) is 0 Å². The van der Waals surface area contributed by atoms with Crippen LogP contribution in [-0.4, -0.2) is 16.6 Å². The fourth-order valence-corrected chi connectivity index (χ4v) is 3.39. The Morgan fingerprint density at radius 3 is 2.38 bits per heavy atom. The maximum atomic E-state index is 12.5. The first-order chi connectivity index (χ1) is 10.1. The summed E-state index contributed by atoms with van der Waals surface area (Å²) in [4.78, 5) is 29.7. The van der Waals surface area contributed by atoms with E-state index >= 15 is 0 Å². The van der Waals surface area contributed by atoms with Crippen molar-refractivity contribution in [1.82, 2.24) is 4.98 Å². The maximum Gasteiger partial charge on any atom is 0.213 e. The molecule has 21 heavy (non-hydrogen) atoms. The largest absolute Gasteiger partial charge is 0.459 e. The van der Waals surface area contributed by atoms with Crippen molar-refractivity contribution < 1.29 is 14.0 Å². The van der Waals surface area contributed by atoms with Crippen LogP contribution in [0.2, 0.25) is 0 Å². The Morgan fingerprint density at radius 2 is 1.71 bits per heavy atom. The van der Waals surface area contributed by atoms with Crippen LogP contribution in [0, 0.1) is 6.92 Å². The van der Waals surface area contributed by atoms with Gasteiger partial charge in [-0.1, -0.05) is 24.3 Å². The molecular weight excluding hydrogens is 286 g/mol. The predicted molar refractivity (Wildman–Crippen MR) is 77.9 cm³/mol. The number of ketones is 2. The molecule has 2 heterocycles. The highest BCUT2D eigenvalue weighted by Crippen LogP contribution is 2.35. The Kier molecular flexibility index (Phi) is 2.46. The molecule has 0 aliphatic heterocycles. The van der Waals surface area contributed by atoms with Gasteiger partial charge in [0.2, 0.25) is 11.6 Å². The molecule has 2 aromatic heterocycles. The first kappa shape index (κ1) is 12.2. The number of carbonyl (C=O) groups is 2. The van der Waals surface area contributed by atoms with Crippen molar-refractivity contribution in [3.05, 3.63) is 63.9 Å². The van der Waals surface area contributed by atoms with Crippen molar-refractivity contribution in [1.29, 1.82) is 0 Å². The molecule has 0 N–H and O–H groups in total. The fourth-order valence-electron chi connectivity index (χ4n) is 2.41. The Balaban J connectivity index is 1.91. The summed E-state index contributed by atoms with van der Waals surface area (Å²) in [6.07, 6.45) is 0. The van der Waals surface area contributed by atoms with Gasteiger partial charge in [0.15, 0.2) is 10.8 Å². The molecule has 5 heteroatoms. The zero-order chi connectivity index (χ0) is 14.6. The summed E-state index contributed by atoms with van der Waals surface area (Å²) in [5, 5.41) is 0.558. The number of nitrogens with zero attached hydrogens (tertiary/aromatic N) is 1. The van der Waals surface area contributed by atoms with Gasteiger partial charge in [0.1, 0.15) is 16.3 Å². The zero-order valence-corrected chi connectivity index (χ0v) is 11.9. The normalized spacial score (nSPS) is 13.2. The monoisotopic (exact) mass is 295 g/mol. The molecule has 0 amide bonds. The molecule has 0 saturated carbocycles. The molecule has 0 bridgehead atoms. The molecule has 1 aliphatic carbocycles. The zero-order valence-electron chi connectivity index (χ0n) is 11.0. The van der Waals surface area contributed by atoms with E-state index in [1.807, 2.05) is 13.0 Å². The quantitative estimate of drug-likeness (QED) is 0.539. The summed E-state index contributed by atoms with van der Waals surface area (Å²) < 4.78 is 5.52. The molecule has 1 aliphatic rings. The summed E-state index contributed by atoms with van der Waals surface area (Å²) in [5.41, 5.74) is 1.09. The molecule has 0 atom stereocenters. The molecule has 4 rings (SSSR count). The molecule has 3 aromatic rings. The topological polar surface area (TPSA) is 60.2 Å². The molecule has 4 nitrogen and oxygen atoms in total. The molecule has 0 spiro atoms. The van der Waals surface area contributed by atoms with E-state index in [2.05, 4.69) is 4.98 Å². The van der Waals surface area contributed by atoms with Gasteiger partial charge in [-0.2, -0.15) is 0 Å². The molecule has 0 radical (unpaired) electrons. The van der Waals surface area contributed by atoms with Crippen molar-refractivity contribution >= 4 is 22.9 Å². The first-order valence-electron chi connectivity index (χ1n) is 6.41. The van der Waals surface area contributed by atoms with E-state index < -0.39 is 0 Å². The van der Waals surface area contributed by atoms with E-state index in [-0.39, 0.29) is 17.3 Å². The number of fused-ring (bicyclic) bond motifs is 2. The second-order valence-electron chi connectivity index (χ2n) is 4.81. The van der Waals surface area contributed by atoms with Crippen LogP contribution >= 0.6 is 11.3 Å². The number of furan rings is 1. The van der Waals surface area contributed by atoms with E-state index in [0.29, 0.717) is 26.8 Å². The van der Waals surface area contributed by atoms with Crippen LogP contribution in [0.15, 0.2) is 40.8 Å². The summed E-state index contributed by atoms with van der Waals surface area (Å²) in [6, 6.07) is 10.5. The van der Waals surface area contributed by atoms with Crippen LogP contribution < -0.4 is 0 Å². The van der Waals surface area contributed by atoms with Crippen molar-refractivity contribution in [2.45, 2.75) is 6.92 Å². The summed E-state index contributed by atoms with van der Waals surface area (Å²) in [5.74, 6) is 0.994. The third kappa shape index (κ3) is 1.71. The minimum atomic E-state index is -0.203. The van der Waals surface area contributed by atoms with Gasteiger partial charge in [-0.3, -0.25) is 9.59 Å². The van der Waals surface area contributed by atoms with E-state index in [9.17, 15) is 9.59 Å². The van der Waals surface area contributed by atoms with Gasteiger partial charge >= 0.3 is 0 Å². The SMILES string of the molecule is Cc1ccc(-c2nc3c(s2)C(=O)c2ccccc2C3=O)o1. The third-order valence-corrected chi connectivity index (χ3v) is 4.48. The summed E-state index contributed by atoms with van der Waals surface area (Å²) >= 11 is 1.20. The average Bonchev–Trinajstić information content (AvgIpc) is 3.11. The number of benzene rings is 1. The van der Waals surface area contributed by atoms with Crippen molar-refractivity contribution in [2.24, 2.45) is 0 Å². The van der Waals surface area contributed by atoms with Crippen molar-refractivity contribution in [3.8, 4) is 10.8 Å². The van der Waals surface area contributed by atoms with Crippen LogP contribution in [0.25, 0.3) is 10.8 Å². The number of aryl methyl sites for hydroxylation is 1. The standard InChI is InChI=1S/C16H9NO3S/c1-8-6-7-11(20-8)16-17-12-13(18)9-4-2-3-5-10(9)14(19)15(12)21-16/h2-7H,1H3.